The Morgan fingerprint density at radius 1 is 1.25 bits per heavy atom. The molecule has 24 heavy (non-hydrogen) atoms. The van der Waals surface area contributed by atoms with Gasteiger partial charge in [0.15, 0.2) is 11.7 Å². The maximum atomic E-state index is 12.3. The van der Waals surface area contributed by atoms with Crippen molar-refractivity contribution in [3.8, 4) is 0 Å². The number of guanidine groups is 1. The van der Waals surface area contributed by atoms with Crippen molar-refractivity contribution >= 4 is 11.9 Å². The number of piperazine rings is 1. The van der Waals surface area contributed by atoms with Crippen LogP contribution in [0.25, 0.3) is 0 Å². The fourth-order valence-corrected chi connectivity index (χ4v) is 2.60. The van der Waals surface area contributed by atoms with Crippen LogP contribution < -0.4 is 5.32 Å². The van der Waals surface area contributed by atoms with Crippen molar-refractivity contribution in [2.24, 2.45) is 10.4 Å². The van der Waals surface area contributed by atoms with Gasteiger partial charge in [-0.25, -0.2) is 0 Å². The summed E-state index contributed by atoms with van der Waals surface area (Å²) in [6.07, 6.45) is 2.59. The molecule has 1 N–H and O–H groups in total. The number of carbonyl (C=O) groups excluding carboxylic acids is 1. The smallest absolute Gasteiger partial charge is 0.289 e. The molecule has 1 aromatic rings. The van der Waals surface area contributed by atoms with E-state index in [4.69, 9.17) is 9.41 Å². The zero-order valence-corrected chi connectivity index (χ0v) is 15.3. The molecule has 1 amide bonds. The number of hydrogen-bond acceptors (Lipinski definition) is 3. The van der Waals surface area contributed by atoms with E-state index in [0.29, 0.717) is 18.8 Å². The Kier molecular flexibility index (Phi) is 6.29. The minimum Gasteiger partial charge on any atom is -0.459 e. The quantitative estimate of drug-likeness (QED) is 0.679. The Balaban J connectivity index is 1.90. The van der Waals surface area contributed by atoms with Gasteiger partial charge in [-0.3, -0.25) is 9.79 Å². The van der Waals surface area contributed by atoms with E-state index in [1.165, 1.54) is 6.26 Å². The summed E-state index contributed by atoms with van der Waals surface area (Å²) in [4.78, 5) is 21.1. The Hall–Kier alpha value is -1.98. The number of nitrogens with zero attached hydrogens (tertiary/aromatic N) is 3. The van der Waals surface area contributed by atoms with Gasteiger partial charge in [0.25, 0.3) is 5.91 Å². The summed E-state index contributed by atoms with van der Waals surface area (Å²) in [7, 11) is 0. The van der Waals surface area contributed by atoms with Gasteiger partial charge in [-0.05, 0) is 30.9 Å². The molecule has 0 aliphatic carbocycles. The second-order valence-corrected chi connectivity index (χ2v) is 7.30. The molecule has 1 aromatic heterocycles. The normalized spacial score (nSPS) is 16.4. The van der Waals surface area contributed by atoms with Crippen LogP contribution in [-0.2, 0) is 0 Å². The number of hydrogen-bond donors (Lipinski definition) is 1. The van der Waals surface area contributed by atoms with Crippen LogP contribution in [0.3, 0.4) is 0 Å². The number of furan rings is 1. The fraction of sp³-hybridized carbons (Fsp3) is 0.667. The van der Waals surface area contributed by atoms with Crippen LogP contribution in [0.5, 0.6) is 0 Å². The lowest BCUT2D eigenvalue weighted by molar-refractivity contribution is 0.0657. The summed E-state index contributed by atoms with van der Waals surface area (Å²) in [5.74, 6) is 1.33. The van der Waals surface area contributed by atoms with Crippen LogP contribution in [0.4, 0.5) is 0 Å². The van der Waals surface area contributed by atoms with E-state index in [-0.39, 0.29) is 11.3 Å². The van der Waals surface area contributed by atoms with Crippen molar-refractivity contribution in [2.75, 3.05) is 39.3 Å². The molecule has 2 heterocycles. The lowest BCUT2D eigenvalue weighted by Gasteiger charge is -2.36. The molecule has 0 bridgehead atoms. The van der Waals surface area contributed by atoms with Crippen LogP contribution >= 0.6 is 0 Å². The minimum atomic E-state index is -0.0330. The zero-order chi connectivity index (χ0) is 17.6. The second kappa shape index (κ2) is 8.22. The number of amides is 1. The summed E-state index contributed by atoms with van der Waals surface area (Å²) in [5, 5.41) is 3.36. The number of aliphatic imine (C=N–C) groups is 1. The Labute approximate surface area is 144 Å². The molecule has 134 valence electrons. The van der Waals surface area contributed by atoms with Crippen LogP contribution in [-0.4, -0.2) is 60.9 Å². The van der Waals surface area contributed by atoms with E-state index in [2.05, 4.69) is 37.9 Å². The van der Waals surface area contributed by atoms with Gasteiger partial charge in [-0.2, -0.15) is 0 Å². The van der Waals surface area contributed by atoms with E-state index in [0.717, 1.165) is 38.6 Å². The molecule has 1 fully saturated rings. The van der Waals surface area contributed by atoms with Crippen molar-refractivity contribution in [3.63, 3.8) is 0 Å². The van der Waals surface area contributed by atoms with Gasteiger partial charge in [0.1, 0.15) is 0 Å². The summed E-state index contributed by atoms with van der Waals surface area (Å²) in [6, 6.07) is 3.46. The fourth-order valence-electron chi connectivity index (χ4n) is 2.60. The average Bonchev–Trinajstić information content (AvgIpc) is 3.07. The molecule has 1 aliphatic rings. The summed E-state index contributed by atoms with van der Waals surface area (Å²) >= 11 is 0. The number of nitrogens with one attached hydrogen (secondary N) is 1. The van der Waals surface area contributed by atoms with Gasteiger partial charge < -0.3 is 19.5 Å². The van der Waals surface area contributed by atoms with E-state index in [1.807, 2.05) is 4.90 Å². The predicted octanol–water partition coefficient (Wildman–Crippen LogP) is 2.44. The molecule has 0 atom stereocenters. The largest absolute Gasteiger partial charge is 0.459 e. The second-order valence-electron chi connectivity index (χ2n) is 7.30. The van der Waals surface area contributed by atoms with E-state index >= 15 is 0 Å². The monoisotopic (exact) mass is 334 g/mol. The van der Waals surface area contributed by atoms with E-state index < -0.39 is 0 Å². The lowest BCUT2D eigenvalue weighted by Crippen LogP contribution is -2.53. The minimum absolute atomic E-state index is 0.0330. The predicted molar refractivity (Wildman–Crippen MR) is 96.2 cm³/mol. The van der Waals surface area contributed by atoms with Gasteiger partial charge in [0.2, 0.25) is 0 Å². The third kappa shape index (κ3) is 5.28. The SMILES string of the molecule is CCNC(=NCCC(C)(C)C)N1CCN(C(=O)c2ccco2)CC1. The van der Waals surface area contributed by atoms with Gasteiger partial charge in [-0.1, -0.05) is 20.8 Å². The van der Waals surface area contributed by atoms with Crippen molar-refractivity contribution in [1.82, 2.24) is 15.1 Å². The third-order valence-corrected chi connectivity index (χ3v) is 4.06. The van der Waals surface area contributed by atoms with Gasteiger partial charge in [-0.15, -0.1) is 0 Å². The molecule has 1 aliphatic heterocycles. The maximum absolute atomic E-state index is 12.3. The molecule has 6 heteroatoms. The highest BCUT2D eigenvalue weighted by Crippen LogP contribution is 2.18. The molecular formula is C18H30N4O2. The first-order chi connectivity index (χ1) is 11.4. The summed E-state index contributed by atoms with van der Waals surface area (Å²) < 4.78 is 5.21. The van der Waals surface area contributed by atoms with E-state index in [9.17, 15) is 4.79 Å². The van der Waals surface area contributed by atoms with Gasteiger partial charge >= 0.3 is 0 Å². The lowest BCUT2D eigenvalue weighted by atomic mass is 9.92. The summed E-state index contributed by atoms with van der Waals surface area (Å²) in [6.45, 7) is 13.4. The number of rotatable bonds is 4. The Morgan fingerprint density at radius 3 is 2.46 bits per heavy atom. The summed E-state index contributed by atoms with van der Waals surface area (Å²) in [5.41, 5.74) is 0.287. The molecular weight excluding hydrogens is 304 g/mol. The van der Waals surface area contributed by atoms with Crippen LogP contribution in [0, 0.1) is 5.41 Å². The standard InChI is InChI=1S/C18H30N4O2/c1-5-19-17(20-9-8-18(2,3)4)22-12-10-21(11-13-22)16(23)15-7-6-14-24-15/h6-7,14H,5,8-13H2,1-4H3,(H,19,20). The van der Waals surface area contributed by atoms with Crippen molar-refractivity contribution < 1.29 is 9.21 Å². The maximum Gasteiger partial charge on any atom is 0.289 e. The molecule has 0 unspecified atom stereocenters. The van der Waals surface area contributed by atoms with Crippen molar-refractivity contribution in [3.05, 3.63) is 24.2 Å². The highest BCUT2D eigenvalue weighted by molar-refractivity contribution is 5.91. The van der Waals surface area contributed by atoms with Gasteiger partial charge in [0.05, 0.1) is 6.26 Å². The third-order valence-electron chi connectivity index (χ3n) is 4.06. The van der Waals surface area contributed by atoms with Crippen LogP contribution in [0.1, 0.15) is 44.7 Å². The highest BCUT2D eigenvalue weighted by Gasteiger charge is 2.25. The first-order valence-corrected chi connectivity index (χ1v) is 8.77. The molecule has 0 aromatic carbocycles. The highest BCUT2D eigenvalue weighted by atomic mass is 16.3. The average molecular weight is 334 g/mol. The van der Waals surface area contributed by atoms with Crippen molar-refractivity contribution in [2.45, 2.75) is 34.1 Å². The Morgan fingerprint density at radius 2 is 1.92 bits per heavy atom. The molecule has 2 rings (SSSR count). The Bertz CT molecular complexity index is 538. The first-order valence-electron chi connectivity index (χ1n) is 8.77. The molecule has 0 spiro atoms. The topological polar surface area (TPSA) is 61.1 Å². The molecule has 1 saturated heterocycles. The van der Waals surface area contributed by atoms with Crippen molar-refractivity contribution in [1.29, 1.82) is 0 Å². The van der Waals surface area contributed by atoms with E-state index in [1.54, 1.807) is 12.1 Å². The van der Waals surface area contributed by atoms with Crippen LogP contribution in [0.15, 0.2) is 27.8 Å². The molecule has 0 saturated carbocycles. The zero-order valence-electron chi connectivity index (χ0n) is 15.3. The van der Waals surface area contributed by atoms with Gasteiger partial charge in [0, 0.05) is 39.3 Å². The first kappa shape index (κ1) is 18.4. The molecule has 6 nitrogen and oxygen atoms in total. The number of carbonyl (C=O) groups is 1. The molecule has 0 radical (unpaired) electrons. The van der Waals surface area contributed by atoms with Crippen LogP contribution in [0.2, 0.25) is 0 Å².